The molecule has 0 spiro atoms. The van der Waals surface area contributed by atoms with Gasteiger partial charge in [-0.3, -0.25) is 9.89 Å². The van der Waals surface area contributed by atoms with Gasteiger partial charge < -0.3 is 10.6 Å². The van der Waals surface area contributed by atoms with Gasteiger partial charge in [0.1, 0.15) is 6.17 Å². The molecule has 3 aromatic heterocycles. The maximum absolute atomic E-state index is 15.0. The van der Waals surface area contributed by atoms with Crippen molar-refractivity contribution in [3.8, 4) is 11.1 Å². The predicted molar refractivity (Wildman–Crippen MR) is 111 cm³/mol. The number of halogens is 3. The van der Waals surface area contributed by atoms with Gasteiger partial charge in [-0.15, -0.1) is 0 Å². The molecule has 1 saturated carbocycles. The molecule has 2 atom stereocenters. The van der Waals surface area contributed by atoms with Crippen LogP contribution in [0.2, 0.25) is 5.02 Å². The minimum Gasteiger partial charge on any atom is -0.381 e. The van der Waals surface area contributed by atoms with E-state index in [1.165, 1.54) is 0 Å². The van der Waals surface area contributed by atoms with Crippen molar-refractivity contribution in [1.29, 1.82) is 0 Å². The van der Waals surface area contributed by atoms with E-state index < -0.39 is 17.9 Å². The average Bonchev–Trinajstić information content (AvgIpc) is 3.11. The first-order valence-electron chi connectivity index (χ1n) is 9.50. The number of anilines is 2. The Bertz CT molecular complexity index is 1300. The van der Waals surface area contributed by atoms with Crippen molar-refractivity contribution in [2.24, 2.45) is 5.92 Å². The third kappa shape index (κ3) is 2.97. The zero-order valence-corrected chi connectivity index (χ0v) is 16.6. The Morgan fingerprint density at radius 1 is 1.43 bits per heavy atom. The third-order valence-electron chi connectivity index (χ3n) is 5.20. The van der Waals surface area contributed by atoms with Gasteiger partial charge in [0.2, 0.25) is 5.91 Å². The van der Waals surface area contributed by atoms with Gasteiger partial charge in [-0.1, -0.05) is 11.6 Å². The van der Waals surface area contributed by atoms with Crippen LogP contribution < -0.4 is 10.6 Å². The number of benzene rings is 1. The Labute approximate surface area is 174 Å². The Kier molecular flexibility index (Phi) is 4.35. The monoisotopic (exact) mass is 430 g/mol. The molecule has 1 aliphatic rings. The number of nitrogens with one attached hydrogen (secondary N) is 3. The first-order valence-corrected chi connectivity index (χ1v) is 9.88. The highest BCUT2D eigenvalue weighted by atomic mass is 35.5. The summed E-state index contributed by atoms with van der Waals surface area (Å²) in [5.41, 5.74) is 2.65. The maximum atomic E-state index is 15.0. The number of carbonyl (C=O) groups excluding carboxylic acids is 1. The van der Waals surface area contributed by atoms with Crippen LogP contribution in [0.4, 0.5) is 20.3 Å². The second-order valence-corrected chi connectivity index (χ2v) is 7.61. The molecule has 0 radical (unpaired) electrons. The minimum absolute atomic E-state index is 0.0139. The molecule has 154 valence electrons. The van der Waals surface area contributed by atoms with Gasteiger partial charge in [0.05, 0.1) is 33.9 Å². The molecule has 1 aliphatic carbocycles. The molecule has 1 aromatic carbocycles. The molecule has 5 rings (SSSR count). The molecule has 4 aromatic rings. The number of aromatic nitrogens is 4. The lowest BCUT2D eigenvalue weighted by atomic mass is 10.0. The topological polar surface area (TPSA) is 87.1 Å². The smallest absolute Gasteiger partial charge is 0.231 e. The van der Waals surface area contributed by atoms with Gasteiger partial charge in [0.15, 0.2) is 11.6 Å². The molecule has 0 bridgehead atoms. The number of hydrogen-bond acceptors (Lipinski definition) is 4. The van der Waals surface area contributed by atoms with E-state index in [-0.39, 0.29) is 23.0 Å². The van der Waals surface area contributed by atoms with Crippen molar-refractivity contribution in [2.75, 3.05) is 17.2 Å². The van der Waals surface area contributed by atoms with Gasteiger partial charge in [0, 0.05) is 29.8 Å². The van der Waals surface area contributed by atoms with E-state index >= 15 is 0 Å². The number of amides is 1. The standard InChI is InChI=1S/C20H17ClF2N6O/c1-2-24-19-17(23)16(21)15(12-8-25-27-18(12)19)9-3-4-29-10(5-9)6-14(28-29)26-20(30)11-7-13(11)22/h3-6,8,11,13,24H,2,7H2,1H3,(H,25,27)(H,26,28,30)/t11-,13+/m1/s1. The Morgan fingerprint density at radius 2 is 2.23 bits per heavy atom. The van der Waals surface area contributed by atoms with Crippen molar-refractivity contribution in [2.45, 2.75) is 19.5 Å². The fourth-order valence-electron chi connectivity index (χ4n) is 3.60. The Balaban J connectivity index is 1.57. The van der Waals surface area contributed by atoms with Crippen molar-refractivity contribution in [3.05, 3.63) is 41.4 Å². The van der Waals surface area contributed by atoms with Gasteiger partial charge in [-0.2, -0.15) is 10.2 Å². The van der Waals surface area contributed by atoms with E-state index in [0.29, 0.717) is 39.9 Å². The highest BCUT2D eigenvalue weighted by molar-refractivity contribution is 6.36. The summed E-state index contributed by atoms with van der Waals surface area (Å²) in [7, 11) is 0. The summed E-state index contributed by atoms with van der Waals surface area (Å²) in [4.78, 5) is 12.0. The van der Waals surface area contributed by atoms with Crippen molar-refractivity contribution in [3.63, 3.8) is 0 Å². The number of fused-ring (bicyclic) bond motifs is 2. The van der Waals surface area contributed by atoms with Gasteiger partial charge in [-0.05, 0) is 31.0 Å². The van der Waals surface area contributed by atoms with Crippen LogP contribution in [-0.4, -0.2) is 38.4 Å². The normalized spacial score (nSPS) is 18.1. The summed E-state index contributed by atoms with van der Waals surface area (Å²) in [5.74, 6) is -1.21. The number of hydrogen-bond donors (Lipinski definition) is 3. The number of rotatable bonds is 5. The van der Waals surface area contributed by atoms with E-state index in [4.69, 9.17) is 11.6 Å². The minimum atomic E-state index is -1.08. The van der Waals surface area contributed by atoms with Crippen LogP contribution in [0, 0.1) is 11.7 Å². The van der Waals surface area contributed by atoms with Crippen LogP contribution in [0.25, 0.3) is 27.5 Å². The number of aromatic amines is 1. The maximum Gasteiger partial charge on any atom is 0.231 e. The van der Waals surface area contributed by atoms with Crippen LogP contribution >= 0.6 is 11.6 Å². The lowest BCUT2D eigenvalue weighted by Gasteiger charge is -2.13. The SMILES string of the molecule is CCNc1c(F)c(Cl)c(-c2ccn3nc(NC(=O)[C@@H]4C[C@@H]4F)cc3c2)c2cn[nH]c12. The van der Waals surface area contributed by atoms with Crippen LogP contribution in [0.15, 0.2) is 30.6 Å². The van der Waals surface area contributed by atoms with Crippen LogP contribution in [0.3, 0.4) is 0 Å². The van der Waals surface area contributed by atoms with E-state index in [1.54, 1.807) is 35.1 Å². The number of pyridine rings is 1. The number of carbonyl (C=O) groups is 1. The first-order chi connectivity index (χ1) is 14.5. The zero-order chi connectivity index (χ0) is 21.0. The summed E-state index contributed by atoms with van der Waals surface area (Å²) in [6.45, 7) is 2.39. The molecule has 7 nitrogen and oxygen atoms in total. The van der Waals surface area contributed by atoms with Crippen LogP contribution in [0.1, 0.15) is 13.3 Å². The Hall–Kier alpha value is -3.20. The zero-order valence-electron chi connectivity index (χ0n) is 15.8. The molecule has 3 N–H and O–H groups in total. The molecular weight excluding hydrogens is 414 g/mol. The number of alkyl halides is 1. The summed E-state index contributed by atoms with van der Waals surface area (Å²) in [5, 5.41) is 17.4. The summed E-state index contributed by atoms with van der Waals surface area (Å²) >= 11 is 6.41. The molecule has 10 heteroatoms. The molecule has 30 heavy (non-hydrogen) atoms. The second-order valence-electron chi connectivity index (χ2n) is 7.23. The average molecular weight is 431 g/mol. The summed E-state index contributed by atoms with van der Waals surface area (Å²) < 4.78 is 29.6. The van der Waals surface area contributed by atoms with Gasteiger partial charge >= 0.3 is 0 Å². The molecular formula is C20H17ClF2N6O. The molecule has 0 unspecified atom stereocenters. The first kappa shape index (κ1) is 18.8. The second kappa shape index (κ2) is 6.94. The van der Waals surface area contributed by atoms with Crippen LogP contribution in [-0.2, 0) is 4.79 Å². The van der Waals surface area contributed by atoms with E-state index in [2.05, 4.69) is 25.9 Å². The largest absolute Gasteiger partial charge is 0.381 e. The third-order valence-corrected chi connectivity index (χ3v) is 5.55. The highest BCUT2D eigenvalue weighted by Gasteiger charge is 2.43. The molecule has 1 amide bonds. The number of nitrogens with zero attached hydrogens (tertiary/aromatic N) is 3. The predicted octanol–water partition coefficient (Wildman–Crippen LogP) is 4.40. The lowest BCUT2D eigenvalue weighted by molar-refractivity contribution is -0.117. The van der Waals surface area contributed by atoms with E-state index in [1.807, 2.05) is 6.92 Å². The quantitative estimate of drug-likeness (QED) is 0.438. The van der Waals surface area contributed by atoms with Gasteiger partial charge in [-0.25, -0.2) is 13.3 Å². The lowest BCUT2D eigenvalue weighted by Crippen LogP contribution is -2.15. The van der Waals surface area contributed by atoms with E-state index in [9.17, 15) is 13.6 Å². The molecule has 3 heterocycles. The molecule has 1 fully saturated rings. The van der Waals surface area contributed by atoms with Gasteiger partial charge in [0.25, 0.3) is 0 Å². The molecule has 0 aliphatic heterocycles. The fraction of sp³-hybridized carbons (Fsp3) is 0.250. The van der Waals surface area contributed by atoms with E-state index in [0.717, 1.165) is 0 Å². The number of H-pyrrole nitrogens is 1. The fourth-order valence-corrected chi connectivity index (χ4v) is 3.91. The van der Waals surface area contributed by atoms with Crippen molar-refractivity contribution >= 4 is 45.4 Å². The highest BCUT2D eigenvalue weighted by Crippen LogP contribution is 2.41. The Morgan fingerprint density at radius 3 is 2.97 bits per heavy atom. The summed E-state index contributed by atoms with van der Waals surface area (Å²) in [6, 6.07) is 5.21. The van der Waals surface area contributed by atoms with Crippen LogP contribution in [0.5, 0.6) is 0 Å². The van der Waals surface area contributed by atoms with Crippen molar-refractivity contribution in [1.82, 2.24) is 19.8 Å². The molecule has 0 saturated heterocycles. The van der Waals surface area contributed by atoms with Crippen molar-refractivity contribution < 1.29 is 13.6 Å². The summed E-state index contributed by atoms with van der Waals surface area (Å²) in [6.07, 6.45) is 2.46.